The Morgan fingerprint density at radius 1 is 0.857 bits per heavy atom. The first-order valence-electron chi connectivity index (χ1n) is 6.66. The van der Waals surface area contributed by atoms with Gasteiger partial charge >= 0.3 is 0 Å². The maximum atomic E-state index is 5.34. The van der Waals surface area contributed by atoms with Crippen molar-refractivity contribution in [1.29, 1.82) is 0 Å². The first-order valence-corrected chi connectivity index (χ1v) is 6.66. The summed E-state index contributed by atoms with van der Waals surface area (Å²) in [5.41, 5.74) is 4.92. The molecule has 0 atom stereocenters. The van der Waals surface area contributed by atoms with Crippen LogP contribution in [0.15, 0.2) is 42.7 Å². The molecule has 0 saturated heterocycles. The molecule has 0 bridgehead atoms. The lowest BCUT2D eigenvalue weighted by Gasteiger charge is -2.11. The Kier molecular flexibility index (Phi) is 3.48. The molecule has 0 N–H and O–H groups in total. The number of aromatic nitrogens is 2. The Morgan fingerprint density at radius 2 is 1.48 bits per heavy atom. The minimum absolute atomic E-state index is 0.752. The number of fused-ring (bicyclic) bond motifs is 1. The molecule has 0 fully saturated rings. The van der Waals surface area contributed by atoms with Crippen molar-refractivity contribution < 1.29 is 9.47 Å². The van der Waals surface area contributed by atoms with Crippen LogP contribution in [0.5, 0.6) is 11.5 Å². The Labute approximate surface area is 124 Å². The lowest BCUT2D eigenvalue weighted by molar-refractivity contribution is 0.394. The molecule has 3 aromatic rings. The lowest BCUT2D eigenvalue weighted by atomic mass is 9.91. The summed E-state index contributed by atoms with van der Waals surface area (Å²) in [6.07, 6.45) is 3.42. The van der Waals surface area contributed by atoms with Crippen molar-refractivity contribution in [3.63, 3.8) is 0 Å². The summed E-state index contributed by atoms with van der Waals surface area (Å²) in [6, 6.07) is 9.91. The second kappa shape index (κ2) is 5.44. The van der Waals surface area contributed by atoms with Crippen molar-refractivity contribution >= 4 is 24.3 Å². The number of rotatable bonds is 3. The van der Waals surface area contributed by atoms with Gasteiger partial charge in [0.1, 0.15) is 19.3 Å². The highest BCUT2D eigenvalue weighted by molar-refractivity contribution is 6.38. The van der Waals surface area contributed by atoms with E-state index in [2.05, 4.69) is 22.1 Å². The zero-order valence-corrected chi connectivity index (χ0v) is 12.3. The van der Waals surface area contributed by atoms with Crippen LogP contribution in [0.4, 0.5) is 0 Å². The highest BCUT2D eigenvalue weighted by Crippen LogP contribution is 2.32. The Balaban J connectivity index is 2.28. The smallest absolute Gasteiger partial charge is 0.142 e. The zero-order valence-electron chi connectivity index (χ0n) is 12.3. The van der Waals surface area contributed by atoms with Crippen LogP contribution < -0.4 is 14.9 Å². The van der Waals surface area contributed by atoms with Crippen molar-refractivity contribution in [1.82, 2.24) is 9.97 Å². The summed E-state index contributed by atoms with van der Waals surface area (Å²) in [7, 11) is 5.32. The van der Waals surface area contributed by atoms with Crippen molar-refractivity contribution in [2.24, 2.45) is 0 Å². The molecule has 0 aliphatic heterocycles. The average Bonchev–Trinajstić information content (AvgIpc) is 2.55. The predicted octanol–water partition coefficient (Wildman–Crippen LogP) is 1.57. The van der Waals surface area contributed by atoms with Crippen LogP contribution in [0, 0.1) is 0 Å². The summed E-state index contributed by atoms with van der Waals surface area (Å²) in [5, 5.41) is 0. The zero-order chi connectivity index (χ0) is 14.8. The molecule has 0 aliphatic rings. The fraction of sp³-hybridized carbons (Fsp3) is 0.125. The van der Waals surface area contributed by atoms with Gasteiger partial charge in [-0.1, -0.05) is 17.6 Å². The molecule has 1 heterocycles. The molecule has 4 nitrogen and oxygen atoms in total. The first-order chi connectivity index (χ1) is 10.2. The van der Waals surface area contributed by atoms with E-state index in [1.807, 2.05) is 26.0 Å². The largest absolute Gasteiger partial charge is 0.497 e. The molecule has 5 heteroatoms. The monoisotopic (exact) mass is 278 g/mol. The predicted molar refractivity (Wildman–Crippen MR) is 86.3 cm³/mol. The SMILES string of the molecule is Bc1ccc(-c2cc(OC)cc(OC)c2)c2nccnc12. The van der Waals surface area contributed by atoms with Gasteiger partial charge in [-0.15, -0.1) is 0 Å². The number of benzene rings is 2. The van der Waals surface area contributed by atoms with Gasteiger partial charge in [-0.2, -0.15) is 0 Å². The number of hydrogen-bond donors (Lipinski definition) is 0. The van der Waals surface area contributed by atoms with E-state index >= 15 is 0 Å². The first kappa shape index (κ1) is 13.4. The maximum absolute atomic E-state index is 5.34. The van der Waals surface area contributed by atoms with Crippen LogP contribution in [-0.2, 0) is 0 Å². The van der Waals surface area contributed by atoms with Crippen LogP contribution in [-0.4, -0.2) is 32.0 Å². The Hall–Kier alpha value is -2.56. The van der Waals surface area contributed by atoms with E-state index in [1.165, 1.54) is 0 Å². The van der Waals surface area contributed by atoms with E-state index in [0.29, 0.717) is 0 Å². The van der Waals surface area contributed by atoms with Gasteiger partial charge in [-0.05, 0) is 17.7 Å². The van der Waals surface area contributed by atoms with Gasteiger partial charge in [0.05, 0.1) is 25.3 Å². The molecular formula is C16H15BN2O2. The van der Waals surface area contributed by atoms with Crippen LogP contribution in [0.25, 0.3) is 22.2 Å². The third-order valence-electron chi connectivity index (χ3n) is 3.49. The van der Waals surface area contributed by atoms with E-state index in [-0.39, 0.29) is 0 Å². The molecule has 0 radical (unpaired) electrons. The third-order valence-corrected chi connectivity index (χ3v) is 3.49. The molecule has 3 rings (SSSR count). The summed E-state index contributed by atoms with van der Waals surface area (Å²) in [5.74, 6) is 1.50. The van der Waals surface area contributed by atoms with Crippen LogP contribution >= 0.6 is 0 Å². The van der Waals surface area contributed by atoms with Crippen LogP contribution in [0.3, 0.4) is 0 Å². The van der Waals surface area contributed by atoms with Gasteiger partial charge in [-0.25, -0.2) is 0 Å². The second-order valence-electron chi connectivity index (χ2n) is 4.78. The molecule has 21 heavy (non-hydrogen) atoms. The summed E-state index contributed by atoms with van der Waals surface area (Å²) < 4.78 is 10.7. The van der Waals surface area contributed by atoms with Crippen LogP contribution in [0.2, 0.25) is 0 Å². The maximum Gasteiger partial charge on any atom is 0.142 e. The molecule has 0 saturated carbocycles. The molecule has 0 spiro atoms. The molecular weight excluding hydrogens is 263 g/mol. The summed E-state index contributed by atoms with van der Waals surface area (Å²) in [4.78, 5) is 8.91. The molecule has 0 aliphatic carbocycles. The minimum atomic E-state index is 0.752. The van der Waals surface area contributed by atoms with Crippen molar-refractivity contribution in [2.75, 3.05) is 14.2 Å². The number of hydrogen-bond acceptors (Lipinski definition) is 4. The van der Waals surface area contributed by atoms with E-state index < -0.39 is 0 Å². The normalized spacial score (nSPS) is 10.6. The van der Waals surface area contributed by atoms with E-state index in [1.54, 1.807) is 26.6 Å². The van der Waals surface area contributed by atoms with Crippen molar-refractivity contribution in [3.8, 4) is 22.6 Å². The summed E-state index contributed by atoms with van der Waals surface area (Å²) in [6.45, 7) is 0. The van der Waals surface area contributed by atoms with Crippen molar-refractivity contribution in [3.05, 3.63) is 42.7 Å². The van der Waals surface area contributed by atoms with Crippen molar-refractivity contribution in [2.45, 2.75) is 0 Å². The number of nitrogens with zero attached hydrogens (tertiary/aromatic N) is 2. The van der Waals surface area contributed by atoms with Gasteiger partial charge in [0, 0.05) is 24.0 Å². The summed E-state index contributed by atoms with van der Waals surface area (Å²) >= 11 is 0. The highest BCUT2D eigenvalue weighted by atomic mass is 16.5. The second-order valence-corrected chi connectivity index (χ2v) is 4.78. The van der Waals surface area contributed by atoms with Gasteiger partial charge in [0.2, 0.25) is 0 Å². The minimum Gasteiger partial charge on any atom is -0.497 e. The van der Waals surface area contributed by atoms with E-state index in [9.17, 15) is 0 Å². The third kappa shape index (κ3) is 2.42. The Morgan fingerprint density at radius 3 is 2.10 bits per heavy atom. The molecule has 0 amide bonds. The van der Waals surface area contributed by atoms with E-state index in [4.69, 9.17) is 9.47 Å². The highest BCUT2D eigenvalue weighted by Gasteiger charge is 2.10. The van der Waals surface area contributed by atoms with Gasteiger partial charge in [-0.3, -0.25) is 9.97 Å². The van der Waals surface area contributed by atoms with Crippen LogP contribution in [0.1, 0.15) is 0 Å². The lowest BCUT2D eigenvalue weighted by Crippen LogP contribution is -2.06. The average molecular weight is 278 g/mol. The fourth-order valence-corrected chi connectivity index (χ4v) is 2.39. The van der Waals surface area contributed by atoms with Gasteiger partial charge in [0.15, 0.2) is 0 Å². The Bertz CT molecular complexity index is 783. The van der Waals surface area contributed by atoms with E-state index in [0.717, 1.165) is 39.1 Å². The van der Waals surface area contributed by atoms with Gasteiger partial charge in [0.25, 0.3) is 0 Å². The fourth-order valence-electron chi connectivity index (χ4n) is 2.39. The number of ether oxygens (including phenoxy) is 2. The van der Waals surface area contributed by atoms with Gasteiger partial charge < -0.3 is 9.47 Å². The molecule has 0 unspecified atom stereocenters. The molecule has 1 aromatic heterocycles. The molecule has 2 aromatic carbocycles. The quantitative estimate of drug-likeness (QED) is 0.682. The molecule has 104 valence electrons. The number of methoxy groups -OCH3 is 2. The standard InChI is InChI=1S/C16H15BN2O2/c1-20-11-7-10(8-12(9-11)21-2)13-3-4-14(17)16-15(13)18-5-6-19-16/h3-9H,17H2,1-2H3. The topological polar surface area (TPSA) is 44.2 Å².